The maximum absolute atomic E-state index is 12.9. The van der Waals surface area contributed by atoms with Crippen molar-refractivity contribution in [3.63, 3.8) is 0 Å². The fraction of sp³-hybridized carbons (Fsp3) is 0.111. The smallest absolute Gasteiger partial charge is 0.336 e. The molecule has 33 heavy (non-hydrogen) atoms. The number of carbonyl (C=O) groups excluding carboxylic acids is 1. The molecule has 1 heterocycles. The maximum atomic E-state index is 12.9. The molecule has 0 atom stereocenters. The number of benzene rings is 3. The largest absolute Gasteiger partial charge is 0.497 e. The fourth-order valence-electron chi connectivity index (χ4n) is 3.19. The predicted octanol–water partition coefficient (Wildman–Crippen LogP) is 5.83. The van der Waals surface area contributed by atoms with Crippen molar-refractivity contribution < 1.29 is 23.4 Å². The minimum Gasteiger partial charge on any atom is -0.497 e. The zero-order valence-corrected chi connectivity index (χ0v) is 18.5. The van der Waals surface area contributed by atoms with Crippen molar-refractivity contribution in [1.82, 2.24) is 0 Å². The van der Waals surface area contributed by atoms with Crippen LogP contribution < -0.4 is 19.6 Å². The minimum atomic E-state index is -0.553. The molecule has 0 aliphatic rings. The van der Waals surface area contributed by atoms with Crippen LogP contribution in [0.5, 0.6) is 23.0 Å². The first kappa shape index (κ1) is 21.9. The van der Waals surface area contributed by atoms with Gasteiger partial charge in [-0.2, -0.15) is 0 Å². The van der Waals surface area contributed by atoms with Crippen molar-refractivity contribution in [3.8, 4) is 23.0 Å². The minimum absolute atomic E-state index is 0.0865. The Labute approximate surface area is 190 Å². The lowest BCUT2D eigenvalue weighted by Crippen LogP contribution is -2.07. The number of rotatable bonds is 6. The number of ether oxygens (including phenoxy) is 3. The Hall–Kier alpha value is -4.32. The van der Waals surface area contributed by atoms with Crippen LogP contribution in [0.25, 0.3) is 17.0 Å². The zero-order valence-electron chi connectivity index (χ0n) is 18.5. The van der Waals surface area contributed by atoms with E-state index in [9.17, 15) is 9.59 Å². The SMILES string of the molecule is COc1ccc(C=CC(=O)Oc2ccc3c(=O)c(Oc4cc(C)ccc4C)coc3c2)cc1. The van der Waals surface area contributed by atoms with Crippen molar-refractivity contribution >= 4 is 23.0 Å². The molecule has 0 fully saturated rings. The van der Waals surface area contributed by atoms with Crippen molar-refractivity contribution in [2.75, 3.05) is 7.11 Å². The average Bonchev–Trinajstić information content (AvgIpc) is 2.82. The summed E-state index contributed by atoms with van der Waals surface area (Å²) in [5.74, 6) is 1.12. The molecule has 1 aromatic heterocycles. The summed E-state index contributed by atoms with van der Waals surface area (Å²) in [5.41, 5.74) is 2.74. The molecule has 6 nitrogen and oxygen atoms in total. The van der Waals surface area contributed by atoms with E-state index >= 15 is 0 Å². The highest BCUT2D eigenvalue weighted by molar-refractivity contribution is 5.89. The van der Waals surface area contributed by atoms with E-state index < -0.39 is 5.97 Å². The molecule has 3 aromatic carbocycles. The Morgan fingerprint density at radius 2 is 1.67 bits per heavy atom. The van der Waals surface area contributed by atoms with Gasteiger partial charge in [-0.15, -0.1) is 0 Å². The predicted molar refractivity (Wildman–Crippen MR) is 126 cm³/mol. The first-order chi connectivity index (χ1) is 15.9. The van der Waals surface area contributed by atoms with Gasteiger partial charge in [-0.1, -0.05) is 24.3 Å². The number of carbonyl (C=O) groups is 1. The quantitative estimate of drug-likeness (QED) is 0.212. The monoisotopic (exact) mass is 442 g/mol. The van der Waals surface area contributed by atoms with Gasteiger partial charge in [0.25, 0.3) is 0 Å². The van der Waals surface area contributed by atoms with Gasteiger partial charge >= 0.3 is 5.97 Å². The molecular weight excluding hydrogens is 420 g/mol. The number of fused-ring (bicyclic) bond motifs is 1. The first-order valence-electron chi connectivity index (χ1n) is 10.3. The lowest BCUT2D eigenvalue weighted by Gasteiger charge is -2.09. The Balaban J connectivity index is 1.50. The first-order valence-corrected chi connectivity index (χ1v) is 10.3. The fourth-order valence-corrected chi connectivity index (χ4v) is 3.19. The molecule has 0 N–H and O–H groups in total. The van der Waals surface area contributed by atoms with Gasteiger partial charge in [0.15, 0.2) is 0 Å². The second-order valence-corrected chi connectivity index (χ2v) is 7.49. The zero-order chi connectivity index (χ0) is 23.4. The topological polar surface area (TPSA) is 75.0 Å². The van der Waals surface area contributed by atoms with Gasteiger partial charge in [0.2, 0.25) is 11.2 Å². The molecule has 0 aliphatic carbocycles. The van der Waals surface area contributed by atoms with E-state index in [2.05, 4.69) is 0 Å². The Morgan fingerprint density at radius 3 is 2.42 bits per heavy atom. The number of aryl methyl sites for hydroxylation is 2. The molecule has 0 saturated carbocycles. The third-order valence-corrected chi connectivity index (χ3v) is 5.02. The summed E-state index contributed by atoms with van der Waals surface area (Å²) in [6, 6.07) is 17.6. The standard InChI is InChI=1S/C27H22O6/c1-17-4-5-18(2)23(14-17)33-25-16-31-24-15-21(11-12-22(24)27(25)29)32-26(28)13-8-19-6-9-20(30-3)10-7-19/h4-16H,1-3H3. The highest BCUT2D eigenvalue weighted by Crippen LogP contribution is 2.27. The molecule has 6 heteroatoms. The van der Waals surface area contributed by atoms with Gasteiger partial charge in [0, 0.05) is 12.1 Å². The molecule has 0 saturated heterocycles. The normalized spacial score (nSPS) is 11.0. The van der Waals surface area contributed by atoms with Crippen LogP contribution in [0, 0.1) is 13.8 Å². The maximum Gasteiger partial charge on any atom is 0.336 e. The molecule has 4 rings (SSSR count). The van der Waals surface area contributed by atoms with Gasteiger partial charge in [-0.05, 0) is 66.9 Å². The van der Waals surface area contributed by atoms with Crippen LogP contribution in [-0.4, -0.2) is 13.1 Å². The third-order valence-electron chi connectivity index (χ3n) is 5.02. The van der Waals surface area contributed by atoms with Crippen molar-refractivity contribution in [3.05, 3.63) is 99.9 Å². The number of esters is 1. The summed E-state index contributed by atoms with van der Waals surface area (Å²) in [5, 5.41) is 0.325. The van der Waals surface area contributed by atoms with E-state index in [4.69, 9.17) is 18.6 Å². The van der Waals surface area contributed by atoms with Gasteiger partial charge < -0.3 is 18.6 Å². The Morgan fingerprint density at radius 1 is 0.909 bits per heavy atom. The Kier molecular flexibility index (Phi) is 6.26. The summed E-state index contributed by atoms with van der Waals surface area (Å²) in [6.45, 7) is 3.85. The number of hydrogen-bond donors (Lipinski definition) is 0. The van der Waals surface area contributed by atoms with Crippen LogP contribution in [0.1, 0.15) is 16.7 Å². The lowest BCUT2D eigenvalue weighted by atomic mass is 10.1. The molecule has 0 amide bonds. The molecule has 0 spiro atoms. The molecule has 0 aliphatic heterocycles. The van der Waals surface area contributed by atoms with Crippen molar-refractivity contribution in [2.45, 2.75) is 13.8 Å². The molecular formula is C27H22O6. The van der Waals surface area contributed by atoms with Crippen LogP contribution >= 0.6 is 0 Å². The van der Waals surface area contributed by atoms with Crippen molar-refractivity contribution in [1.29, 1.82) is 0 Å². The van der Waals surface area contributed by atoms with Gasteiger partial charge in [0.1, 0.15) is 29.1 Å². The molecule has 4 aromatic rings. The molecule has 0 unspecified atom stereocenters. The average molecular weight is 442 g/mol. The van der Waals surface area contributed by atoms with Crippen LogP contribution in [0.2, 0.25) is 0 Å². The number of hydrogen-bond acceptors (Lipinski definition) is 6. The van der Waals surface area contributed by atoms with Crippen LogP contribution in [0.4, 0.5) is 0 Å². The summed E-state index contributed by atoms with van der Waals surface area (Å²) in [4.78, 5) is 25.0. The molecule has 0 radical (unpaired) electrons. The van der Waals surface area contributed by atoms with Crippen LogP contribution in [-0.2, 0) is 4.79 Å². The van der Waals surface area contributed by atoms with Crippen molar-refractivity contribution in [2.24, 2.45) is 0 Å². The highest BCUT2D eigenvalue weighted by Gasteiger charge is 2.12. The van der Waals surface area contributed by atoms with Crippen LogP contribution in [0.3, 0.4) is 0 Å². The second-order valence-electron chi connectivity index (χ2n) is 7.49. The molecule has 166 valence electrons. The summed E-state index contributed by atoms with van der Waals surface area (Å²) in [6.07, 6.45) is 4.23. The van der Waals surface area contributed by atoms with E-state index in [-0.39, 0.29) is 22.5 Å². The summed E-state index contributed by atoms with van der Waals surface area (Å²) < 4.78 is 21.8. The van der Waals surface area contributed by atoms with E-state index in [1.807, 2.05) is 44.2 Å². The second kappa shape index (κ2) is 9.44. The summed E-state index contributed by atoms with van der Waals surface area (Å²) in [7, 11) is 1.59. The van der Waals surface area contributed by atoms with E-state index in [0.717, 1.165) is 22.4 Å². The van der Waals surface area contributed by atoms with E-state index in [0.29, 0.717) is 11.1 Å². The van der Waals surface area contributed by atoms with Gasteiger partial charge in [-0.25, -0.2) is 4.79 Å². The lowest BCUT2D eigenvalue weighted by molar-refractivity contribution is -0.128. The Bertz CT molecular complexity index is 1400. The van der Waals surface area contributed by atoms with Crippen LogP contribution in [0.15, 0.2) is 82.2 Å². The summed E-state index contributed by atoms with van der Waals surface area (Å²) >= 11 is 0. The van der Waals surface area contributed by atoms with Gasteiger partial charge in [-0.3, -0.25) is 4.79 Å². The number of methoxy groups -OCH3 is 1. The van der Waals surface area contributed by atoms with Gasteiger partial charge in [0.05, 0.1) is 12.5 Å². The highest BCUT2D eigenvalue weighted by atomic mass is 16.5. The van der Waals surface area contributed by atoms with E-state index in [1.54, 1.807) is 37.5 Å². The molecule has 0 bridgehead atoms. The van der Waals surface area contributed by atoms with E-state index in [1.165, 1.54) is 18.4 Å². The third kappa shape index (κ3) is 5.13.